The van der Waals surface area contributed by atoms with E-state index in [1.54, 1.807) is 6.07 Å². The topological polar surface area (TPSA) is 53.1 Å². The van der Waals surface area contributed by atoms with Gasteiger partial charge in [-0.2, -0.15) is 13.2 Å². The molecular weight excluding hydrogens is 279 g/mol. The molecule has 0 spiro atoms. The van der Waals surface area contributed by atoms with Crippen LogP contribution in [-0.2, 0) is 6.18 Å². The predicted octanol–water partition coefficient (Wildman–Crippen LogP) is 3.61. The van der Waals surface area contributed by atoms with Crippen molar-refractivity contribution < 1.29 is 13.2 Å². The van der Waals surface area contributed by atoms with Crippen LogP contribution in [0.2, 0.25) is 0 Å². The molecule has 0 aromatic heterocycles. The second-order valence-corrected chi connectivity index (χ2v) is 5.83. The lowest BCUT2D eigenvalue weighted by Crippen LogP contribution is -2.33. The van der Waals surface area contributed by atoms with E-state index in [-0.39, 0.29) is 11.6 Å². The van der Waals surface area contributed by atoms with Crippen LogP contribution >= 0.6 is 0 Å². The van der Waals surface area contributed by atoms with Crippen LogP contribution in [0.3, 0.4) is 0 Å². The number of nitrogen functional groups attached to an aromatic ring is 1. The highest BCUT2D eigenvalue weighted by Gasteiger charge is 2.35. The van der Waals surface area contributed by atoms with Gasteiger partial charge >= 0.3 is 6.18 Å². The van der Waals surface area contributed by atoms with E-state index in [1.807, 2.05) is 18.7 Å². The van der Waals surface area contributed by atoms with Crippen LogP contribution < -0.4 is 10.6 Å². The summed E-state index contributed by atoms with van der Waals surface area (Å²) in [5.41, 5.74) is 4.69. The summed E-state index contributed by atoms with van der Waals surface area (Å²) in [6.07, 6.45) is -2.24. The number of alkyl halides is 3. The third-order valence-electron chi connectivity index (χ3n) is 3.71. The molecule has 0 aliphatic heterocycles. The molecule has 21 heavy (non-hydrogen) atoms. The minimum Gasteiger partial charge on any atom is -0.384 e. The first kappa shape index (κ1) is 15.7. The quantitative estimate of drug-likeness (QED) is 0.644. The number of nitrogens with two attached hydrogens (primary N) is 1. The van der Waals surface area contributed by atoms with Gasteiger partial charge in [-0.05, 0) is 50.8 Å². The molecule has 1 aliphatic carbocycles. The molecule has 0 radical (unpaired) electrons. The lowest BCUT2D eigenvalue weighted by atomic mass is 10.0. The maximum absolute atomic E-state index is 13.2. The van der Waals surface area contributed by atoms with Gasteiger partial charge in [0.05, 0.1) is 5.56 Å². The largest absolute Gasteiger partial charge is 0.417 e. The van der Waals surface area contributed by atoms with Crippen molar-refractivity contribution in [2.24, 2.45) is 11.7 Å². The molecule has 116 valence electrons. The van der Waals surface area contributed by atoms with Crippen molar-refractivity contribution in [2.75, 3.05) is 11.4 Å². The molecule has 1 aromatic rings. The first-order chi connectivity index (χ1) is 9.70. The van der Waals surface area contributed by atoms with Gasteiger partial charge < -0.3 is 10.6 Å². The highest BCUT2D eigenvalue weighted by Crippen LogP contribution is 2.37. The molecule has 1 saturated carbocycles. The Morgan fingerprint density at radius 2 is 2.00 bits per heavy atom. The normalized spacial score (nSPS) is 15.3. The molecule has 0 atom stereocenters. The third-order valence-corrected chi connectivity index (χ3v) is 3.71. The second kappa shape index (κ2) is 5.58. The van der Waals surface area contributed by atoms with Crippen molar-refractivity contribution in [1.82, 2.24) is 0 Å². The van der Waals surface area contributed by atoms with Gasteiger partial charge in [-0.25, -0.2) is 0 Å². The molecule has 1 aliphatic rings. The Morgan fingerprint density at radius 3 is 2.43 bits per heavy atom. The highest BCUT2D eigenvalue weighted by molar-refractivity contribution is 5.97. The fourth-order valence-electron chi connectivity index (χ4n) is 2.37. The van der Waals surface area contributed by atoms with E-state index >= 15 is 0 Å². The molecule has 1 fully saturated rings. The summed E-state index contributed by atoms with van der Waals surface area (Å²) in [5, 5.41) is 7.31. The number of hydrogen-bond acceptors (Lipinski definition) is 2. The van der Waals surface area contributed by atoms with Crippen molar-refractivity contribution in [3.8, 4) is 0 Å². The van der Waals surface area contributed by atoms with E-state index in [0.717, 1.165) is 25.5 Å². The summed E-state index contributed by atoms with van der Waals surface area (Å²) < 4.78 is 39.5. The summed E-state index contributed by atoms with van der Waals surface area (Å²) in [4.78, 5) is 1.98. The second-order valence-electron chi connectivity index (χ2n) is 5.83. The van der Waals surface area contributed by atoms with Crippen LogP contribution in [0, 0.1) is 11.3 Å². The summed E-state index contributed by atoms with van der Waals surface area (Å²) in [5.74, 6) is 0.0152. The average molecular weight is 299 g/mol. The Balaban J connectivity index is 2.41. The number of rotatable bonds is 5. The fraction of sp³-hybridized carbons (Fsp3) is 0.533. The van der Waals surface area contributed by atoms with E-state index in [0.29, 0.717) is 11.6 Å². The number of benzene rings is 1. The van der Waals surface area contributed by atoms with E-state index < -0.39 is 17.6 Å². The number of amidine groups is 1. The number of anilines is 1. The summed E-state index contributed by atoms with van der Waals surface area (Å²) >= 11 is 0. The van der Waals surface area contributed by atoms with Crippen molar-refractivity contribution in [3.63, 3.8) is 0 Å². The van der Waals surface area contributed by atoms with Crippen LogP contribution in [0.1, 0.15) is 37.8 Å². The lowest BCUT2D eigenvalue weighted by Gasteiger charge is -2.30. The lowest BCUT2D eigenvalue weighted by molar-refractivity contribution is -0.137. The summed E-state index contributed by atoms with van der Waals surface area (Å²) in [6, 6.07) is 4.14. The van der Waals surface area contributed by atoms with Gasteiger partial charge in [0, 0.05) is 23.8 Å². The molecule has 3 N–H and O–H groups in total. The summed E-state index contributed by atoms with van der Waals surface area (Å²) in [6.45, 7) is 4.71. The Morgan fingerprint density at radius 1 is 1.38 bits per heavy atom. The number of hydrogen-bond donors (Lipinski definition) is 2. The zero-order valence-electron chi connectivity index (χ0n) is 12.2. The molecule has 0 amide bonds. The molecule has 0 saturated heterocycles. The van der Waals surface area contributed by atoms with Crippen molar-refractivity contribution in [3.05, 3.63) is 29.3 Å². The standard InChI is InChI=1S/C15H20F3N3/c1-9(2)21(8-10-3-4-10)11-5-6-12(14(19)20)13(7-11)15(16,17)18/h5-7,9-10H,3-4,8H2,1-2H3,(H3,19,20). The van der Waals surface area contributed by atoms with Gasteiger partial charge in [0.1, 0.15) is 5.84 Å². The number of halogens is 3. The van der Waals surface area contributed by atoms with Gasteiger partial charge in [0.15, 0.2) is 0 Å². The Labute approximate surface area is 122 Å². The van der Waals surface area contributed by atoms with E-state index in [9.17, 15) is 13.2 Å². The zero-order chi connectivity index (χ0) is 15.8. The van der Waals surface area contributed by atoms with Crippen LogP contribution in [0.4, 0.5) is 18.9 Å². The maximum atomic E-state index is 13.2. The van der Waals surface area contributed by atoms with E-state index in [2.05, 4.69) is 0 Å². The Bertz CT molecular complexity index is 533. The number of nitrogens with zero attached hydrogens (tertiary/aromatic N) is 1. The van der Waals surface area contributed by atoms with Crippen molar-refractivity contribution in [1.29, 1.82) is 5.41 Å². The van der Waals surface area contributed by atoms with Crippen LogP contribution in [0.5, 0.6) is 0 Å². The van der Waals surface area contributed by atoms with E-state index in [1.165, 1.54) is 6.07 Å². The van der Waals surface area contributed by atoms with Crippen molar-refractivity contribution in [2.45, 2.75) is 38.9 Å². The Hall–Kier alpha value is -1.72. The fourth-order valence-corrected chi connectivity index (χ4v) is 2.37. The highest BCUT2D eigenvalue weighted by atomic mass is 19.4. The third kappa shape index (κ3) is 3.68. The maximum Gasteiger partial charge on any atom is 0.417 e. The molecule has 0 heterocycles. The van der Waals surface area contributed by atoms with E-state index in [4.69, 9.17) is 11.1 Å². The first-order valence-electron chi connectivity index (χ1n) is 7.02. The average Bonchev–Trinajstić information content (AvgIpc) is 3.17. The molecule has 0 bridgehead atoms. The number of nitrogens with one attached hydrogen (secondary N) is 1. The molecule has 6 heteroatoms. The minimum atomic E-state index is -4.51. The van der Waals surface area contributed by atoms with Gasteiger partial charge in [-0.15, -0.1) is 0 Å². The van der Waals surface area contributed by atoms with Gasteiger partial charge in [0.2, 0.25) is 0 Å². The van der Waals surface area contributed by atoms with Gasteiger partial charge in [-0.1, -0.05) is 0 Å². The summed E-state index contributed by atoms with van der Waals surface area (Å²) in [7, 11) is 0. The van der Waals surface area contributed by atoms with Gasteiger partial charge in [-0.3, -0.25) is 5.41 Å². The van der Waals surface area contributed by atoms with Gasteiger partial charge in [0.25, 0.3) is 0 Å². The van der Waals surface area contributed by atoms with Crippen LogP contribution in [0.25, 0.3) is 0 Å². The molecular formula is C15H20F3N3. The SMILES string of the molecule is CC(C)N(CC1CC1)c1ccc(C(=N)N)c(C(F)(F)F)c1. The van der Waals surface area contributed by atoms with Crippen molar-refractivity contribution >= 4 is 11.5 Å². The predicted molar refractivity (Wildman–Crippen MR) is 77.7 cm³/mol. The smallest absolute Gasteiger partial charge is 0.384 e. The minimum absolute atomic E-state index is 0.120. The van der Waals surface area contributed by atoms with Crippen LogP contribution in [-0.4, -0.2) is 18.4 Å². The van der Waals surface area contributed by atoms with Crippen LogP contribution in [0.15, 0.2) is 18.2 Å². The first-order valence-corrected chi connectivity index (χ1v) is 7.02. The monoisotopic (exact) mass is 299 g/mol. The molecule has 1 aromatic carbocycles. The molecule has 3 nitrogen and oxygen atoms in total. The Kier molecular flexibility index (Phi) is 4.16. The zero-order valence-corrected chi connectivity index (χ0v) is 12.2. The molecule has 0 unspecified atom stereocenters. The molecule has 2 rings (SSSR count).